The molecule has 0 unspecified atom stereocenters. The van der Waals surface area contributed by atoms with Crippen molar-refractivity contribution >= 4 is 11.6 Å². The van der Waals surface area contributed by atoms with Gasteiger partial charge in [-0.15, -0.1) is 0 Å². The molecule has 2 aromatic rings. The molecule has 3 rings (SSSR count). The van der Waals surface area contributed by atoms with E-state index in [4.69, 9.17) is 16.3 Å². The maximum atomic E-state index is 6.28. The minimum Gasteiger partial charge on any atom is -0.490 e. The molecular formula is C19H23ClN2O. The van der Waals surface area contributed by atoms with Gasteiger partial charge in [0, 0.05) is 25.8 Å². The van der Waals surface area contributed by atoms with E-state index >= 15 is 0 Å². The van der Waals surface area contributed by atoms with Crippen molar-refractivity contribution in [2.45, 2.75) is 39.3 Å². The zero-order valence-corrected chi connectivity index (χ0v) is 14.5. The minimum absolute atomic E-state index is 0.312. The Labute approximate surface area is 143 Å². The molecule has 0 atom stereocenters. The van der Waals surface area contributed by atoms with E-state index in [1.165, 1.54) is 16.7 Å². The van der Waals surface area contributed by atoms with Crippen LogP contribution in [0.25, 0.3) is 0 Å². The zero-order valence-electron chi connectivity index (χ0n) is 13.8. The Balaban J connectivity index is 1.54. The molecule has 0 N–H and O–H groups in total. The molecule has 1 fully saturated rings. The summed E-state index contributed by atoms with van der Waals surface area (Å²) in [6.45, 7) is 7.26. The highest BCUT2D eigenvalue weighted by atomic mass is 35.5. The van der Waals surface area contributed by atoms with Crippen LogP contribution in [-0.2, 0) is 6.54 Å². The van der Waals surface area contributed by atoms with Crippen LogP contribution in [0.15, 0.2) is 36.5 Å². The van der Waals surface area contributed by atoms with E-state index in [1.54, 1.807) is 6.20 Å². The molecule has 0 amide bonds. The number of para-hydroxylation sites is 1. The third-order valence-electron chi connectivity index (χ3n) is 4.43. The number of aryl methyl sites for hydroxylation is 2. The van der Waals surface area contributed by atoms with Crippen LogP contribution in [0.3, 0.4) is 0 Å². The van der Waals surface area contributed by atoms with Gasteiger partial charge in [0.25, 0.3) is 0 Å². The fourth-order valence-electron chi connectivity index (χ4n) is 3.14. The van der Waals surface area contributed by atoms with Gasteiger partial charge in [-0.3, -0.25) is 4.90 Å². The van der Waals surface area contributed by atoms with Gasteiger partial charge in [-0.25, -0.2) is 4.98 Å². The molecule has 1 aliphatic rings. The Bertz CT molecular complexity index is 646. The summed E-state index contributed by atoms with van der Waals surface area (Å²) in [7, 11) is 0. The van der Waals surface area contributed by atoms with Gasteiger partial charge in [-0.2, -0.15) is 0 Å². The van der Waals surface area contributed by atoms with Crippen molar-refractivity contribution in [1.82, 2.24) is 9.88 Å². The molecule has 0 spiro atoms. The Morgan fingerprint density at radius 2 is 1.87 bits per heavy atom. The quantitative estimate of drug-likeness (QED) is 0.777. The molecule has 1 aromatic heterocycles. The molecular weight excluding hydrogens is 308 g/mol. The van der Waals surface area contributed by atoms with Crippen molar-refractivity contribution in [3.05, 3.63) is 58.4 Å². The van der Waals surface area contributed by atoms with Gasteiger partial charge in [-0.05, 0) is 55.5 Å². The van der Waals surface area contributed by atoms with E-state index in [-0.39, 0.29) is 0 Å². The van der Waals surface area contributed by atoms with Gasteiger partial charge in [-0.1, -0.05) is 29.8 Å². The molecule has 122 valence electrons. The highest BCUT2D eigenvalue weighted by molar-refractivity contribution is 6.29. The number of nitrogens with zero attached hydrogens (tertiary/aromatic N) is 2. The van der Waals surface area contributed by atoms with Crippen LogP contribution < -0.4 is 4.74 Å². The van der Waals surface area contributed by atoms with Crippen LogP contribution in [0.2, 0.25) is 5.15 Å². The van der Waals surface area contributed by atoms with Crippen LogP contribution in [0.5, 0.6) is 5.75 Å². The minimum atomic E-state index is 0.312. The van der Waals surface area contributed by atoms with Crippen LogP contribution in [0, 0.1) is 13.8 Å². The van der Waals surface area contributed by atoms with Crippen molar-refractivity contribution in [3.8, 4) is 5.75 Å². The average molecular weight is 331 g/mol. The first kappa shape index (κ1) is 16.3. The van der Waals surface area contributed by atoms with Gasteiger partial charge >= 0.3 is 0 Å². The van der Waals surface area contributed by atoms with Crippen molar-refractivity contribution in [2.75, 3.05) is 13.1 Å². The van der Waals surface area contributed by atoms with Crippen LogP contribution in [0.1, 0.15) is 29.5 Å². The molecule has 1 aromatic carbocycles. The van der Waals surface area contributed by atoms with E-state index in [0.29, 0.717) is 11.3 Å². The Morgan fingerprint density at radius 1 is 1.17 bits per heavy atom. The lowest BCUT2D eigenvalue weighted by Crippen LogP contribution is -2.38. The summed E-state index contributed by atoms with van der Waals surface area (Å²) >= 11 is 5.96. The van der Waals surface area contributed by atoms with Gasteiger partial charge in [0.05, 0.1) is 0 Å². The predicted octanol–water partition coefficient (Wildman–Crippen LogP) is 4.40. The summed E-state index contributed by atoms with van der Waals surface area (Å²) in [4.78, 5) is 6.49. The second-order valence-electron chi connectivity index (χ2n) is 6.30. The molecule has 0 bridgehead atoms. The number of pyridine rings is 1. The lowest BCUT2D eigenvalue weighted by Gasteiger charge is -2.32. The number of piperidine rings is 1. The summed E-state index contributed by atoms with van der Waals surface area (Å²) in [5, 5.41) is 0.566. The van der Waals surface area contributed by atoms with Crippen molar-refractivity contribution in [3.63, 3.8) is 0 Å². The molecule has 3 nitrogen and oxygen atoms in total. The molecule has 1 aliphatic heterocycles. The smallest absolute Gasteiger partial charge is 0.129 e. The van der Waals surface area contributed by atoms with Gasteiger partial charge in [0.1, 0.15) is 17.0 Å². The highest BCUT2D eigenvalue weighted by Crippen LogP contribution is 2.26. The fourth-order valence-corrected chi connectivity index (χ4v) is 3.33. The topological polar surface area (TPSA) is 25.4 Å². The second-order valence-corrected chi connectivity index (χ2v) is 6.69. The SMILES string of the molecule is Cc1cccc(C)c1OC1CCN(Cc2ccnc(Cl)c2)CC1. The Hall–Kier alpha value is -1.58. The number of likely N-dealkylation sites (tertiary alicyclic amines) is 1. The second kappa shape index (κ2) is 7.33. The largest absolute Gasteiger partial charge is 0.490 e. The lowest BCUT2D eigenvalue weighted by atomic mass is 10.1. The van der Waals surface area contributed by atoms with Gasteiger partial charge < -0.3 is 4.74 Å². The van der Waals surface area contributed by atoms with Crippen molar-refractivity contribution < 1.29 is 4.74 Å². The summed E-state index contributed by atoms with van der Waals surface area (Å²) in [5.41, 5.74) is 3.66. The first-order valence-corrected chi connectivity index (χ1v) is 8.55. The Morgan fingerprint density at radius 3 is 2.52 bits per heavy atom. The molecule has 0 aliphatic carbocycles. The first-order chi connectivity index (χ1) is 11.1. The molecule has 0 saturated carbocycles. The number of aromatic nitrogens is 1. The van der Waals surface area contributed by atoms with E-state index in [1.807, 2.05) is 12.1 Å². The first-order valence-electron chi connectivity index (χ1n) is 8.17. The third-order valence-corrected chi connectivity index (χ3v) is 4.63. The highest BCUT2D eigenvalue weighted by Gasteiger charge is 2.21. The zero-order chi connectivity index (χ0) is 16.2. The summed E-state index contributed by atoms with van der Waals surface area (Å²) in [6.07, 6.45) is 4.21. The predicted molar refractivity (Wildman–Crippen MR) is 94.1 cm³/mol. The molecule has 1 saturated heterocycles. The number of rotatable bonds is 4. The lowest BCUT2D eigenvalue weighted by molar-refractivity contribution is 0.0957. The van der Waals surface area contributed by atoms with E-state index in [0.717, 1.165) is 38.2 Å². The van der Waals surface area contributed by atoms with E-state index in [9.17, 15) is 0 Å². The number of halogens is 1. The Kier molecular flexibility index (Phi) is 5.19. The maximum Gasteiger partial charge on any atom is 0.129 e. The van der Waals surface area contributed by atoms with E-state index < -0.39 is 0 Å². The van der Waals surface area contributed by atoms with Gasteiger partial charge in [0.2, 0.25) is 0 Å². The van der Waals surface area contributed by atoms with E-state index in [2.05, 4.69) is 41.9 Å². The summed E-state index contributed by atoms with van der Waals surface area (Å²) in [5.74, 6) is 1.06. The number of ether oxygens (including phenoxy) is 1. The molecule has 0 radical (unpaired) electrons. The monoisotopic (exact) mass is 330 g/mol. The van der Waals surface area contributed by atoms with Gasteiger partial charge in [0.15, 0.2) is 0 Å². The molecule has 2 heterocycles. The number of hydrogen-bond donors (Lipinski definition) is 0. The number of hydrogen-bond acceptors (Lipinski definition) is 3. The molecule has 23 heavy (non-hydrogen) atoms. The average Bonchev–Trinajstić information content (AvgIpc) is 2.53. The fraction of sp³-hybridized carbons (Fsp3) is 0.421. The summed E-state index contributed by atoms with van der Waals surface area (Å²) < 4.78 is 6.28. The van der Waals surface area contributed by atoms with Crippen LogP contribution >= 0.6 is 11.6 Å². The third kappa shape index (κ3) is 4.24. The van der Waals surface area contributed by atoms with Crippen molar-refractivity contribution in [1.29, 1.82) is 0 Å². The van der Waals surface area contributed by atoms with Crippen LogP contribution in [-0.4, -0.2) is 29.1 Å². The normalized spacial score (nSPS) is 16.5. The van der Waals surface area contributed by atoms with Crippen LogP contribution in [0.4, 0.5) is 0 Å². The van der Waals surface area contributed by atoms with Crippen molar-refractivity contribution in [2.24, 2.45) is 0 Å². The molecule has 4 heteroatoms. The maximum absolute atomic E-state index is 6.28. The standard InChI is InChI=1S/C19H23ClN2O/c1-14-4-3-5-15(2)19(14)23-17-7-10-22(11-8-17)13-16-6-9-21-18(20)12-16/h3-6,9,12,17H,7-8,10-11,13H2,1-2H3. The summed E-state index contributed by atoms with van der Waals surface area (Å²) in [6, 6.07) is 10.3. The number of benzene rings is 1.